The van der Waals surface area contributed by atoms with Crippen LogP contribution in [0.25, 0.3) is 10.9 Å². The van der Waals surface area contributed by atoms with Gasteiger partial charge in [-0.25, -0.2) is 0 Å². The third kappa shape index (κ3) is 4.90. The second kappa shape index (κ2) is 8.45. The van der Waals surface area contributed by atoms with Crippen LogP contribution in [0.4, 0.5) is 18.9 Å². The molecule has 0 aliphatic heterocycles. The maximum absolute atomic E-state index is 12.6. The quantitative estimate of drug-likeness (QED) is 0.514. The Morgan fingerprint density at radius 3 is 2.74 bits per heavy atom. The van der Waals surface area contributed by atoms with Crippen LogP contribution in [-0.2, 0) is 17.4 Å². The van der Waals surface area contributed by atoms with Crippen molar-refractivity contribution in [1.29, 1.82) is 0 Å². The number of nitrogens with one attached hydrogen (secondary N) is 2. The summed E-state index contributed by atoms with van der Waals surface area (Å²) in [5.41, 5.74) is 1.93. The number of carbonyl (C=O) groups is 1. The van der Waals surface area contributed by atoms with Crippen molar-refractivity contribution >= 4 is 28.7 Å². The lowest BCUT2D eigenvalue weighted by Gasteiger charge is -2.09. The summed E-state index contributed by atoms with van der Waals surface area (Å²) in [5, 5.41) is 3.89. The lowest BCUT2D eigenvalue weighted by Crippen LogP contribution is -2.14. The Morgan fingerprint density at radius 2 is 2.03 bits per heavy atom. The normalized spacial score (nSPS) is 18.5. The Hall–Kier alpha value is -3.29. The Kier molecular flexibility index (Phi) is 5.71. The van der Waals surface area contributed by atoms with Gasteiger partial charge < -0.3 is 20.0 Å². The van der Waals surface area contributed by atoms with E-state index < -0.39 is 11.7 Å². The van der Waals surface area contributed by atoms with Crippen molar-refractivity contribution in [3.05, 3.63) is 59.8 Å². The molecule has 1 aliphatic carbocycles. The molecule has 31 heavy (non-hydrogen) atoms. The van der Waals surface area contributed by atoms with Crippen LogP contribution in [0.3, 0.4) is 0 Å². The molecular formula is C23H22F3N3O2. The van der Waals surface area contributed by atoms with Crippen LogP contribution in [0, 0.1) is 11.8 Å². The van der Waals surface area contributed by atoms with E-state index >= 15 is 0 Å². The van der Waals surface area contributed by atoms with Crippen molar-refractivity contribution in [3.8, 4) is 5.75 Å². The maximum Gasteiger partial charge on any atom is 0.416 e. The van der Waals surface area contributed by atoms with Crippen molar-refractivity contribution < 1.29 is 22.7 Å². The molecule has 5 nitrogen and oxygen atoms in total. The zero-order valence-electron chi connectivity index (χ0n) is 16.9. The summed E-state index contributed by atoms with van der Waals surface area (Å²) in [7, 11) is 1.70. The number of hydrogen-bond donors (Lipinski definition) is 2. The van der Waals surface area contributed by atoms with Crippen LogP contribution in [0.1, 0.15) is 17.5 Å². The highest BCUT2D eigenvalue weighted by molar-refractivity contribution is 6.04. The Bertz CT molecular complexity index is 1100. The molecule has 8 heteroatoms. The number of aliphatic imine (C=N–C) groups is 1. The summed E-state index contributed by atoms with van der Waals surface area (Å²) in [6.07, 6.45) is 0.623. The molecule has 0 unspecified atom stereocenters. The molecule has 1 fully saturated rings. The maximum atomic E-state index is 12.6. The minimum atomic E-state index is -4.36. The molecule has 0 saturated heterocycles. The topological polar surface area (TPSA) is 66.5 Å². The summed E-state index contributed by atoms with van der Waals surface area (Å²) in [5.74, 6) is 0.558. The molecule has 1 heterocycles. The summed E-state index contributed by atoms with van der Waals surface area (Å²) >= 11 is 0. The minimum Gasteiger partial charge on any atom is -0.493 e. The third-order valence-corrected chi connectivity index (χ3v) is 5.36. The lowest BCUT2D eigenvalue weighted by atomic mass is 10.1. The van der Waals surface area contributed by atoms with E-state index in [2.05, 4.69) is 15.3 Å². The van der Waals surface area contributed by atoms with E-state index in [-0.39, 0.29) is 17.7 Å². The van der Waals surface area contributed by atoms with E-state index in [9.17, 15) is 18.0 Å². The van der Waals surface area contributed by atoms with Gasteiger partial charge in [-0.05, 0) is 48.4 Å². The Labute approximate surface area is 177 Å². The number of aromatic nitrogens is 1. The molecule has 3 aromatic rings. The number of rotatable bonds is 7. The number of nitrogens with zero attached hydrogens (tertiary/aromatic N) is 1. The number of benzene rings is 2. The van der Waals surface area contributed by atoms with Gasteiger partial charge in [-0.15, -0.1) is 0 Å². The number of carbonyl (C=O) groups excluding carboxylic acids is 1. The van der Waals surface area contributed by atoms with E-state index in [1.54, 1.807) is 13.2 Å². The molecule has 162 valence electrons. The second-order valence-corrected chi connectivity index (χ2v) is 7.61. The molecule has 0 radical (unpaired) electrons. The van der Waals surface area contributed by atoms with Crippen LogP contribution in [-0.4, -0.2) is 30.8 Å². The molecule has 1 aliphatic rings. The molecular weight excluding hydrogens is 407 g/mol. The molecule has 0 bridgehead atoms. The molecule has 2 atom stereocenters. The first-order chi connectivity index (χ1) is 14.8. The van der Waals surface area contributed by atoms with Crippen LogP contribution in [0.15, 0.2) is 53.7 Å². The van der Waals surface area contributed by atoms with Crippen LogP contribution in [0.2, 0.25) is 0 Å². The average Bonchev–Trinajstić information content (AvgIpc) is 3.40. The zero-order valence-corrected chi connectivity index (χ0v) is 16.9. The predicted octanol–water partition coefficient (Wildman–Crippen LogP) is 5.08. The van der Waals surface area contributed by atoms with Crippen molar-refractivity contribution in [3.63, 3.8) is 0 Å². The third-order valence-electron chi connectivity index (χ3n) is 5.36. The van der Waals surface area contributed by atoms with E-state index in [1.165, 1.54) is 12.1 Å². The molecule has 2 N–H and O–H groups in total. The van der Waals surface area contributed by atoms with Crippen molar-refractivity contribution in [2.24, 2.45) is 16.8 Å². The van der Waals surface area contributed by atoms with Gasteiger partial charge in [0.2, 0.25) is 5.91 Å². The number of anilines is 1. The summed E-state index contributed by atoms with van der Waals surface area (Å²) < 4.78 is 43.5. The highest BCUT2D eigenvalue weighted by atomic mass is 19.4. The van der Waals surface area contributed by atoms with E-state index in [0.29, 0.717) is 18.8 Å². The number of alkyl halides is 3. The summed E-state index contributed by atoms with van der Waals surface area (Å²) in [6, 6.07) is 10.5. The number of hydrogen-bond acceptors (Lipinski definition) is 3. The van der Waals surface area contributed by atoms with Gasteiger partial charge in [0.25, 0.3) is 0 Å². The molecule has 4 rings (SSSR count). The van der Waals surface area contributed by atoms with Crippen LogP contribution < -0.4 is 10.1 Å². The fraction of sp³-hybridized carbons (Fsp3) is 0.304. The monoisotopic (exact) mass is 429 g/mol. The summed E-state index contributed by atoms with van der Waals surface area (Å²) in [6.45, 7) is 0.323. The smallest absolute Gasteiger partial charge is 0.416 e. The molecule has 0 spiro atoms. The van der Waals surface area contributed by atoms with E-state index in [4.69, 9.17) is 4.74 Å². The van der Waals surface area contributed by atoms with Crippen LogP contribution in [0.5, 0.6) is 5.75 Å². The predicted molar refractivity (Wildman–Crippen MR) is 114 cm³/mol. The van der Waals surface area contributed by atoms with Gasteiger partial charge in [0.15, 0.2) is 0 Å². The van der Waals surface area contributed by atoms with Gasteiger partial charge in [0.05, 0.1) is 17.9 Å². The van der Waals surface area contributed by atoms with E-state index in [1.807, 2.05) is 24.4 Å². The first kappa shape index (κ1) is 21.0. The van der Waals surface area contributed by atoms with Gasteiger partial charge >= 0.3 is 6.18 Å². The van der Waals surface area contributed by atoms with Gasteiger partial charge in [0.1, 0.15) is 5.75 Å². The number of aromatic amines is 1. The second-order valence-electron chi connectivity index (χ2n) is 7.61. The van der Waals surface area contributed by atoms with Gasteiger partial charge in [-0.3, -0.25) is 4.79 Å². The SMILES string of the molecule is CN=C[C@@H]1C[C@@H]1C(=O)Nc1c[nH]c2ccc(CCOc3ccc(C(F)(F)F)cc3)cc12. The average molecular weight is 429 g/mol. The van der Waals surface area contributed by atoms with Crippen molar-refractivity contribution in [2.45, 2.75) is 19.0 Å². The number of H-pyrrole nitrogens is 1. The number of halogens is 3. The van der Waals surface area contributed by atoms with Crippen molar-refractivity contribution in [1.82, 2.24) is 4.98 Å². The Morgan fingerprint density at radius 1 is 1.26 bits per heavy atom. The number of ether oxygens (including phenoxy) is 1. The Balaban J connectivity index is 1.37. The van der Waals surface area contributed by atoms with E-state index in [0.717, 1.165) is 40.7 Å². The van der Waals surface area contributed by atoms with Crippen LogP contribution >= 0.6 is 0 Å². The van der Waals surface area contributed by atoms with Gasteiger partial charge in [0, 0.05) is 48.6 Å². The molecule has 1 amide bonds. The minimum absolute atomic E-state index is 0.0122. The first-order valence-electron chi connectivity index (χ1n) is 9.98. The summed E-state index contributed by atoms with van der Waals surface area (Å²) in [4.78, 5) is 19.6. The molecule has 1 saturated carbocycles. The first-order valence-corrected chi connectivity index (χ1v) is 9.98. The molecule has 1 aromatic heterocycles. The zero-order chi connectivity index (χ0) is 22.0. The van der Waals surface area contributed by atoms with Crippen molar-refractivity contribution in [2.75, 3.05) is 19.0 Å². The highest BCUT2D eigenvalue weighted by Gasteiger charge is 2.41. The molecule has 2 aromatic carbocycles. The highest BCUT2D eigenvalue weighted by Crippen LogP contribution is 2.38. The van der Waals surface area contributed by atoms with Gasteiger partial charge in [-0.1, -0.05) is 6.07 Å². The fourth-order valence-corrected chi connectivity index (χ4v) is 3.55. The lowest BCUT2D eigenvalue weighted by molar-refractivity contribution is -0.137. The number of amides is 1. The largest absolute Gasteiger partial charge is 0.493 e. The fourth-order valence-electron chi connectivity index (χ4n) is 3.55. The van der Waals surface area contributed by atoms with Gasteiger partial charge in [-0.2, -0.15) is 13.2 Å². The standard InChI is InChI=1S/C23H22F3N3O2/c1-27-12-15-11-18(15)22(30)29-21-13-28-20-7-2-14(10-19(20)21)8-9-31-17-5-3-16(4-6-17)23(24,25)26/h2-7,10,12-13,15,18,28H,8-9,11H2,1H3,(H,29,30)/t15-,18-/m0/s1. The number of fused-ring (bicyclic) bond motifs is 1.